The van der Waals surface area contributed by atoms with Crippen LogP contribution >= 0.6 is 10.5 Å². The average Bonchev–Trinajstić information content (AvgIpc) is 3.08. The molecule has 5 aromatic rings. The molecule has 0 N–H and O–H groups in total. The van der Waals surface area contributed by atoms with Gasteiger partial charge in [0.2, 0.25) is 0 Å². The third-order valence-corrected chi connectivity index (χ3v) is 7.22. The SMILES string of the molecule is Fc1ccc(COc2ccc(-[s+]3c4ccccc4c4ccccc43)cc2)cc1. The third-order valence-electron chi connectivity index (χ3n) is 4.88. The van der Waals surface area contributed by atoms with E-state index in [2.05, 4.69) is 60.7 Å². The van der Waals surface area contributed by atoms with Crippen LogP contribution in [0.25, 0.3) is 25.1 Å². The molecule has 0 spiro atoms. The lowest BCUT2D eigenvalue weighted by molar-refractivity contribution is 0.306. The van der Waals surface area contributed by atoms with Gasteiger partial charge in [0.05, 0.1) is 0 Å². The van der Waals surface area contributed by atoms with Crippen molar-refractivity contribution in [2.75, 3.05) is 0 Å². The zero-order chi connectivity index (χ0) is 18.9. The van der Waals surface area contributed by atoms with E-state index >= 15 is 0 Å². The molecule has 0 amide bonds. The van der Waals surface area contributed by atoms with Crippen molar-refractivity contribution in [2.45, 2.75) is 6.61 Å². The van der Waals surface area contributed by atoms with Crippen LogP contribution in [0.2, 0.25) is 0 Å². The lowest BCUT2D eigenvalue weighted by atomic mass is 10.2. The molecule has 0 atom stereocenters. The molecule has 4 aromatic carbocycles. The molecule has 0 aliphatic heterocycles. The maximum absolute atomic E-state index is 13.0. The van der Waals surface area contributed by atoms with Gasteiger partial charge in [0.15, 0.2) is 14.3 Å². The van der Waals surface area contributed by atoms with Crippen LogP contribution in [0.1, 0.15) is 5.56 Å². The van der Waals surface area contributed by atoms with Crippen molar-refractivity contribution in [3.63, 3.8) is 0 Å². The van der Waals surface area contributed by atoms with Gasteiger partial charge in [-0.05, 0) is 54.1 Å². The molecule has 0 radical (unpaired) electrons. The van der Waals surface area contributed by atoms with Crippen LogP contribution in [0, 0.1) is 5.82 Å². The summed E-state index contributed by atoms with van der Waals surface area (Å²) in [6.45, 7) is 0.428. The Morgan fingerprint density at radius 1 is 0.643 bits per heavy atom. The molecule has 1 aromatic heterocycles. The number of hydrogen-bond acceptors (Lipinski definition) is 1. The Bertz CT molecular complexity index is 1200. The van der Waals surface area contributed by atoms with E-state index < -0.39 is 0 Å². The van der Waals surface area contributed by atoms with Crippen LogP contribution in [0.5, 0.6) is 5.75 Å². The van der Waals surface area contributed by atoms with E-state index in [1.807, 2.05) is 12.1 Å². The van der Waals surface area contributed by atoms with E-state index in [-0.39, 0.29) is 16.3 Å². The highest BCUT2D eigenvalue weighted by Crippen LogP contribution is 2.48. The predicted molar refractivity (Wildman–Crippen MR) is 116 cm³/mol. The Labute approximate surface area is 165 Å². The molecule has 1 nitrogen and oxygen atoms in total. The van der Waals surface area contributed by atoms with Crippen molar-refractivity contribution in [3.05, 3.63) is 108 Å². The Hall–Kier alpha value is -3.17. The van der Waals surface area contributed by atoms with Crippen LogP contribution in [-0.2, 0) is 6.61 Å². The number of fused-ring (bicyclic) bond motifs is 3. The molecule has 0 unspecified atom stereocenters. The number of benzene rings is 4. The van der Waals surface area contributed by atoms with Crippen LogP contribution < -0.4 is 4.74 Å². The van der Waals surface area contributed by atoms with Gasteiger partial charge in [0.25, 0.3) is 0 Å². The van der Waals surface area contributed by atoms with E-state index in [4.69, 9.17) is 4.74 Å². The molecule has 0 saturated heterocycles. The lowest BCUT2D eigenvalue weighted by Gasteiger charge is -2.06. The molecule has 0 aliphatic rings. The Morgan fingerprint density at radius 3 is 1.82 bits per heavy atom. The first-order valence-electron chi connectivity index (χ1n) is 9.20. The molecule has 136 valence electrons. The van der Waals surface area contributed by atoms with Crippen molar-refractivity contribution in [1.29, 1.82) is 0 Å². The second-order valence-corrected chi connectivity index (χ2v) is 8.65. The Balaban J connectivity index is 1.48. The van der Waals surface area contributed by atoms with E-state index in [0.717, 1.165) is 11.3 Å². The lowest BCUT2D eigenvalue weighted by Crippen LogP contribution is -1.95. The quantitative estimate of drug-likeness (QED) is 0.292. The third kappa shape index (κ3) is 3.04. The van der Waals surface area contributed by atoms with Gasteiger partial charge in [-0.15, -0.1) is 0 Å². The first-order chi connectivity index (χ1) is 13.8. The molecule has 0 aliphatic carbocycles. The number of thiophene rings is 1. The summed E-state index contributed by atoms with van der Waals surface area (Å²) in [6.07, 6.45) is 0. The van der Waals surface area contributed by atoms with Crippen molar-refractivity contribution in [2.24, 2.45) is 0 Å². The van der Waals surface area contributed by atoms with Gasteiger partial charge < -0.3 is 4.74 Å². The molecule has 0 bridgehead atoms. The molecule has 0 saturated carbocycles. The van der Waals surface area contributed by atoms with Crippen molar-refractivity contribution in [1.82, 2.24) is 0 Å². The van der Waals surface area contributed by atoms with Gasteiger partial charge in [-0.25, -0.2) is 4.39 Å². The summed E-state index contributed by atoms with van der Waals surface area (Å²) in [5, 5.41) is 2.66. The molecule has 28 heavy (non-hydrogen) atoms. The van der Waals surface area contributed by atoms with Crippen LogP contribution in [0.3, 0.4) is 0 Å². The zero-order valence-corrected chi connectivity index (χ0v) is 16.0. The van der Waals surface area contributed by atoms with Gasteiger partial charge in [-0.1, -0.05) is 36.4 Å². The van der Waals surface area contributed by atoms with E-state index in [9.17, 15) is 4.39 Å². The normalized spacial score (nSPS) is 11.2. The van der Waals surface area contributed by atoms with Crippen LogP contribution in [-0.4, -0.2) is 0 Å². The first-order valence-corrected chi connectivity index (χ1v) is 10.4. The topological polar surface area (TPSA) is 9.23 Å². The summed E-state index contributed by atoms with van der Waals surface area (Å²) in [5.41, 5.74) is 0.950. The van der Waals surface area contributed by atoms with Gasteiger partial charge in [-0.3, -0.25) is 0 Å². The summed E-state index contributed by atoms with van der Waals surface area (Å²) < 4.78 is 21.6. The molecule has 5 rings (SSSR count). The van der Waals surface area contributed by atoms with Crippen LogP contribution in [0.4, 0.5) is 4.39 Å². The van der Waals surface area contributed by atoms with Crippen molar-refractivity contribution >= 4 is 30.6 Å². The second kappa shape index (κ2) is 7.10. The maximum Gasteiger partial charge on any atom is 0.187 e. The highest BCUT2D eigenvalue weighted by molar-refractivity contribution is 7.50. The minimum absolute atomic E-state index is 0.0886. The fraction of sp³-hybridized carbons (Fsp3) is 0.0400. The van der Waals surface area contributed by atoms with Gasteiger partial charge in [0.1, 0.15) is 18.2 Å². The monoisotopic (exact) mass is 385 g/mol. The van der Waals surface area contributed by atoms with Crippen molar-refractivity contribution < 1.29 is 9.13 Å². The first kappa shape index (κ1) is 17.0. The van der Waals surface area contributed by atoms with Gasteiger partial charge >= 0.3 is 0 Å². The average molecular weight is 385 g/mol. The fourth-order valence-electron chi connectivity index (χ4n) is 3.53. The highest BCUT2D eigenvalue weighted by atomic mass is 32.2. The zero-order valence-electron chi connectivity index (χ0n) is 15.1. The molecule has 3 heteroatoms. The highest BCUT2D eigenvalue weighted by Gasteiger charge is 2.22. The minimum atomic E-state index is -0.230. The molecular formula is C25H18FOS+. The Morgan fingerprint density at radius 2 is 1.21 bits per heavy atom. The van der Waals surface area contributed by atoms with Gasteiger partial charge in [0, 0.05) is 33.4 Å². The fourth-order valence-corrected chi connectivity index (χ4v) is 5.90. The summed E-state index contributed by atoms with van der Waals surface area (Å²) in [7, 11) is -0.0886. The second-order valence-electron chi connectivity index (χ2n) is 6.69. The van der Waals surface area contributed by atoms with Gasteiger partial charge in [-0.2, -0.15) is 0 Å². The number of hydrogen-bond donors (Lipinski definition) is 0. The smallest absolute Gasteiger partial charge is 0.187 e. The van der Waals surface area contributed by atoms with E-state index in [0.29, 0.717) is 6.61 Å². The largest absolute Gasteiger partial charge is 0.489 e. The predicted octanol–water partition coefficient (Wildman–Crippen LogP) is 7.45. The summed E-state index contributed by atoms with van der Waals surface area (Å²) in [6, 6.07) is 32.1. The summed E-state index contributed by atoms with van der Waals surface area (Å²) in [5.74, 6) is 0.587. The molecule has 0 fully saturated rings. The van der Waals surface area contributed by atoms with E-state index in [1.165, 1.54) is 37.2 Å². The molecular weight excluding hydrogens is 367 g/mol. The summed E-state index contributed by atoms with van der Waals surface area (Å²) in [4.78, 5) is 1.28. The minimum Gasteiger partial charge on any atom is -0.489 e. The van der Waals surface area contributed by atoms with Crippen molar-refractivity contribution in [3.8, 4) is 10.6 Å². The summed E-state index contributed by atoms with van der Waals surface area (Å²) >= 11 is 0. The Kier molecular flexibility index (Phi) is 4.30. The van der Waals surface area contributed by atoms with E-state index in [1.54, 1.807) is 12.1 Å². The number of rotatable bonds is 4. The number of ether oxygens (including phenoxy) is 1. The molecule has 1 heterocycles. The van der Waals surface area contributed by atoms with Crippen LogP contribution in [0.15, 0.2) is 97.1 Å². The maximum atomic E-state index is 13.0. The number of halogens is 1. The standard InChI is InChI=1S/C25H18FOS/c26-19-11-9-18(10-12-19)17-27-20-13-15-21(16-14-20)28-24-7-3-1-5-22(24)23-6-2-4-8-25(23)28/h1-16H,17H2/q+1.